The van der Waals surface area contributed by atoms with Crippen molar-refractivity contribution >= 4 is 17.3 Å². The molecule has 0 radical (unpaired) electrons. The summed E-state index contributed by atoms with van der Waals surface area (Å²) in [4.78, 5) is 6.94. The summed E-state index contributed by atoms with van der Waals surface area (Å²) in [5.41, 5.74) is 5.63. The van der Waals surface area contributed by atoms with Crippen LogP contribution in [0.25, 0.3) is 5.69 Å². The fourth-order valence-electron chi connectivity index (χ4n) is 4.54. The molecule has 4 aromatic rings. The summed E-state index contributed by atoms with van der Waals surface area (Å²) in [6.07, 6.45) is 1.84. The highest BCUT2D eigenvalue weighted by Crippen LogP contribution is 2.41. The average Bonchev–Trinajstić information content (AvgIpc) is 3.40. The van der Waals surface area contributed by atoms with Gasteiger partial charge in [-0.25, -0.2) is 0 Å². The van der Waals surface area contributed by atoms with Crippen molar-refractivity contribution in [3.8, 4) is 11.4 Å². The van der Waals surface area contributed by atoms with Gasteiger partial charge in [-0.1, -0.05) is 36.4 Å². The minimum absolute atomic E-state index is 0.0246. The molecule has 1 fully saturated rings. The predicted molar refractivity (Wildman–Crippen MR) is 134 cm³/mol. The zero-order chi connectivity index (χ0) is 22.8. The molecule has 5 rings (SSSR count). The van der Waals surface area contributed by atoms with Gasteiger partial charge in [0.1, 0.15) is 5.75 Å². The Bertz CT molecular complexity index is 1240. The molecule has 0 aliphatic carbocycles. The van der Waals surface area contributed by atoms with Crippen molar-refractivity contribution in [2.45, 2.75) is 25.6 Å². The Hall–Kier alpha value is -3.64. The molecule has 2 aromatic heterocycles. The molecule has 166 valence electrons. The van der Waals surface area contributed by atoms with Crippen LogP contribution in [0.2, 0.25) is 0 Å². The second kappa shape index (κ2) is 9.08. The fourth-order valence-corrected chi connectivity index (χ4v) is 4.85. The maximum absolute atomic E-state index is 5.86. The number of ether oxygens (including phenoxy) is 1. The zero-order valence-electron chi connectivity index (χ0n) is 18.7. The number of nitrogens with zero attached hydrogens (tertiary/aromatic N) is 3. The first kappa shape index (κ1) is 21.2. The molecule has 0 saturated carbocycles. The highest BCUT2D eigenvalue weighted by Gasteiger charge is 2.41. The smallest absolute Gasteiger partial charge is 0.170 e. The standard InChI is InChI=1S/C27H26N4OS/c1-19-11-16-24(31(19)21-8-4-3-5-9-21)26-25(23-10-6-7-17-28-23)29-27(33)30(26)18-20-12-14-22(32-2)15-13-20/h3-17,25-26H,18H2,1-2H3,(H,29,33)/t25-,26-/m1/s1. The highest BCUT2D eigenvalue weighted by molar-refractivity contribution is 7.80. The number of thiocarbonyl (C=S) groups is 1. The second-order valence-corrected chi connectivity index (χ2v) is 8.56. The Kier molecular flexibility index (Phi) is 5.84. The third kappa shape index (κ3) is 4.10. The largest absolute Gasteiger partial charge is 0.497 e. The van der Waals surface area contributed by atoms with E-state index in [1.165, 1.54) is 17.0 Å². The molecule has 1 N–H and O–H groups in total. The van der Waals surface area contributed by atoms with Gasteiger partial charge in [-0.05, 0) is 73.2 Å². The van der Waals surface area contributed by atoms with Crippen LogP contribution in [0.1, 0.15) is 34.7 Å². The topological polar surface area (TPSA) is 42.3 Å². The van der Waals surface area contributed by atoms with Gasteiger partial charge in [-0.3, -0.25) is 4.98 Å². The van der Waals surface area contributed by atoms with Crippen molar-refractivity contribution < 1.29 is 4.74 Å². The Labute approximate surface area is 199 Å². The molecular weight excluding hydrogens is 428 g/mol. The van der Waals surface area contributed by atoms with Crippen molar-refractivity contribution in [3.63, 3.8) is 0 Å². The molecule has 1 aliphatic heterocycles. The van der Waals surface area contributed by atoms with E-state index in [0.717, 1.165) is 22.2 Å². The van der Waals surface area contributed by atoms with E-state index in [-0.39, 0.29) is 12.1 Å². The van der Waals surface area contributed by atoms with Crippen LogP contribution in [-0.2, 0) is 6.54 Å². The normalized spacial score (nSPS) is 17.8. The Morgan fingerprint density at radius 1 is 0.939 bits per heavy atom. The van der Waals surface area contributed by atoms with E-state index in [9.17, 15) is 0 Å². The number of para-hydroxylation sites is 1. The molecule has 0 bridgehead atoms. The van der Waals surface area contributed by atoms with Crippen LogP contribution in [0.5, 0.6) is 5.75 Å². The summed E-state index contributed by atoms with van der Waals surface area (Å²) in [6, 6.07) is 28.9. The third-order valence-electron chi connectivity index (χ3n) is 6.13. The van der Waals surface area contributed by atoms with Gasteiger partial charge in [0.2, 0.25) is 0 Å². The SMILES string of the molecule is COc1ccc(CN2C(=S)N[C@H](c3ccccn3)[C@H]2c2ccc(C)n2-c2ccccc2)cc1. The Morgan fingerprint density at radius 3 is 2.39 bits per heavy atom. The van der Waals surface area contributed by atoms with Gasteiger partial charge in [0, 0.05) is 29.8 Å². The fraction of sp³-hybridized carbons (Fsp3) is 0.185. The van der Waals surface area contributed by atoms with Gasteiger partial charge in [-0.2, -0.15) is 0 Å². The van der Waals surface area contributed by atoms with Crippen LogP contribution in [0, 0.1) is 6.92 Å². The molecular formula is C27H26N4OS. The maximum atomic E-state index is 5.86. The lowest BCUT2D eigenvalue weighted by Gasteiger charge is -2.29. The van der Waals surface area contributed by atoms with Crippen LogP contribution in [0.4, 0.5) is 0 Å². The van der Waals surface area contributed by atoms with E-state index in [4.69, 9.17) is 17.0 Å². The van der Waals surface area contributed by atoms with Crippen LogP contribution < -0.4 is 10.1 Å². The van der Waals surface area contributed by atoms with Crippen LogP contribution in [-0.4, -0.2) is 26.7 Å². The minimum atomic E-state index is -0.0614. The molecule has 1 saturated heterocycles. The second-order valence-electron chi connectivity index (χ2n) is 8.17. The number of pyridine rings is 1. The first-order chi connectivity index (χ1) is 16.2. The number of aromatic nitrogens is 2. The first-order valence-corrected chi connectivity index (χ1v) is 11.4. The van der Waals surface area contributed by atoms with Crippen molar-refractivity contribution in [2.24, 2.45) is 0 Å². The van der Waals surface area contributed by atoms with E-state index in [0.29, 0.717) is 6.54 Å². The van der Waals surface area contributed by atoms with Crippen molar-refractivity contribution in [2.75, 3.05) is 7.11 Å². The first-order valence-electron chi connectivity index (χ1n) is 11.0. The van der Waals surface area contributed by atoms with Crippen LogP contribution in [0.3, 0.4) is 0 Å². The Morgan fingerprint density at radius 2 is 1.70 bits per heavy atom. The number of methoxy groups -OCH3 is 1. The highest BCUT2D eigenvalue weighted by atomic mass is 32.1. The lowest BCUT2D eigenvalue weighted by atomic mass is 10.0. The van der Waals surface area contributed by atoms with E-state index in [2.05, 4.69) is 81.3 Å². The number of hydrogen-bond donors (Lipinski definition) is 1. The number of benzene rings is 2. The average molecular weight is 455 g/mol. The monoisotopic (exact) mass is 454 g/mol. The summed E-state index contributed by atoms with van der Waals surface area (Å²) in [7, 11) is 1.68. The van der Waals surface area contributed by atoms with Gasteiger partial charge in [0.25, 0.3) is 0 Å². The number of rotatable bonds is 6. The molecule has 5 nitrogen and oxygen atoms in total. The zero-order valence-corrected chi connectivity index (χ0v) is 19.5. The summed E-state index contributed by atoms with van der Waals surface area (Å²) >= 11 is 5.86. The maximum Gasteiger partial charge on any atom is 0.170 e. The van der Waals surface area contributed by atoms with E-state index in [1.807, 2.05) is 36.5 Å². The summed E-state index contributed by atoms with van der Waals surface area (Å²) in [6.45, 7) is 2.82. The molecule has 2 atom stereocenters. The van der Waals surface area contributed by atoms with Crippen molar-refractivity contribution in [3.05, 3.63) is 114 Å². The van der Waals surface area contributed by atoms with Crippen LogP contribution in [0.15, 0.2) is 91.1 Å². The third-order valence-corrected chi connectivity index (χ3v) is 6.49. The van der Waals surface area contributed by atoms with Gasteiger partial charge < -0.3 is 19.5 Å². The van der Waals surface area contributed by atoms with Gasteiger partial charge in [0.05, 0.1) is 24.9 Å². The molecule has 1 aliphatic rings. The van der Waals surface area contributed by atoms with Gasteiger partial charge in [-0.15, -0.1) is 0 Å². The van der Waals surface area contributed by atoms with E-state index < -0.39 is 0 Å². The molecule has 0 spiro atoms. The van der Waals surface area contributed by atoms with Gasteiger partial charge >= 0.3 is 0 Å². The lowest BCUT2D eigenvalue weighted by Crippen LogP contribution is -2.30. The lowest BCUT2D eigenvalue weighted by molar-refractivity contribution is 0.302. The van der Waals surface area contributed by atoms with Crippen molar-refractivity contribution in [1.82, 2.24) is 19.8 Å². The summed E-state index contributed by atoms with van der Waals surface area (Å²) in [5.74, 6) is 0.845. The number of nitrogens with one attached hydrogen (secondary N) is 1. The molecule has 2 aromatic carbocycles. The molecule has 0 amide bonds. The number of aryl methyl sites for hydroxylation is 1. The van der Waals surface area contributed by atoms with Crippen LogP contribution >= 0.6 is 12.2 Å². The summed E-state index contributed by atoms with van der Waals surface area (Å²) < 4.78 is 7.65. The predicted octanol–water partition coefficient (Wildman–Crippen LogP) is 5.36. The molecule has 6 heteroatoms. The Balaban J connectivity index is 1.60. The van der Waals surface area contributed by atoms with E-state index >= 15 is 0 Å². The van der Waals surface area contributed by atoms with Gasteiger partial charge in [0.15, 0.2) is 5.11 Å². The van der Waals surface area contributed by atoms with E-state index in [1.54, 1.807) is 7.11 Å². The molecule has 33 heavy (non-hydrogen) atoms. The summed E-state index contributed by atoms with van der Waals surface area (Å²) in [5, 5.41) is 4.28. The van der Waals surface area contributed by atoms with Crippen molar-refractivity contribution in [1.29, 1.82) is 0 Å². The quantitative estimate of drug-likeness (QED) is 0.397. The molecule has 0 unspecified atom stereocenters. The number of hydrogen-bond acceptors (Lipinski definition) is 3. The molecule has 3 heterocycles. The minimum Gasteiger partial charge on any atom is -0.497 e.